The fraction of sp³-hybridized carbons (Fsp3) is 0.250. The molecule has 4 rings (SSSR count). The zero-order valence-corrected chi connectivity index (χ0v) is 14.2. The summed E-state index contributed by atoms with van der Waals surface area (Å²) in [6.07, 6.45) is 0. The predicted molar refractivity (Wildman–Crippen MR) is 80.9 cm³/mol. The number of hydrogen-bond acceptors (Lipinski definition) is 5. The first-order valence-electron chi connectivity index (χ1n) is 5.54. The fourth-order valence-corrected chi connectivity index (χ4v) is 5.86. The van der Waals surface area contributed by atoms with Gasteiger partial charge in [0.25, 0.3) is 5.79 Å². The molecular formula is C12H6Br2O3S2. The SMILES string of the molecule is O=C1c2cc(Br)sc2-c2sc(Br)cc2C12OCCO2. The van der Waals surface area contributed by atoms with E-state index in [1.54, 1.807) is 22.7 Å². The predicted octanol–water partition coefficient (Wildman–Crippen LogP) is 4.40. The van der Waals surface area contributed by atoms with E-state index in [1.807, 2.05) is 12.1 Å². The summed E-state index contributed by atoms with van der Waals surface area (Å²) < 4.78 is 13.3. The third kappa shape index (κ3) is 1.63. The number of ketones is 1. The van der Waals surface area contributed by atoms with Gasteiger partial charge in [-0.3, -0.25) is 4.79 Å². The largest absolute Gasteiger partial charge is 0.337 e. The molecule has 3 heterocycles. The van der Waals surface area contributed by atoms with Gasteiger partial charge in [-0.15, -0.1) is 22.7 Å². The Morgan fingerprint density at radius 2 is 1.68 bits per heavy atom. The van der Waals surface area contributed by atoms with Crippen molar-refractivity contribution in [2.24, 2.45) is 0 Å². The highest BCUT2D eigenvalue weighted by molar-refractivity contribution is 9.11. The molecule has 0 radical (unpaired) electrons. The van der Waals surface area contributed by atoms with Gasteiger partial charge >= 0.3 is 0 Å². The molecule has 7 heteroatoms. The van der Waals surface area contributed by atoms with Crippen LogP contribution in [0, 0.1) is 0 Å². The molecule has 1 fully saturated rings. The first kappa shape index (κ1) is 12.7. The van der Waals surface area contributed by atoms with Crippen molar-refractivity contribution >= 4 is 60.3 Å². The smallest absolute Gasteiger partial charge is 0.263 e. The van der Waals surface area contributed by atoms with E-state index < -0.39 is 5.79 Å². The maximum Gasteiger partial charge on any atom is 0.263 e. The summed E-state index contributed by atoms with van der Waals surface area (Å²) in [7, 11) is 0. The highest BCUT2D eigenvalue weighted by Crippen LogP contribution is 2.53. The zero-order chi connectivity index (χ0) is 13.2. The normalized spacial score (nSPS) is 19.8. The monoisotopic (exact) mass is 420 g/mol. The van der Waals surface area contributed by atoms with Crippen molar-refractivity contribution in [3.63, 3.8) is 0 Å². The van der Waals surface area contributed by atoms with Crippen LogP contribution in [0.25, 0.3) is 9.75 Å². The number of carbonyl (C=O) groups excluding carboxylic acids is 1. The number of carbonyl (C=O) groups is 1. The second-order valence-corrected chi connectivity index (χ2v) is 9.09. The first-order valence-corrected chi connectivity index (χ1v) is 8.76. The lowest BCUT2D eigenvalue weighted by molar-refractivity contribution is -0.126. The fourth-order valence-electron chi connectivity index (χ4n) is 2.47. The average molecular weight is 422 g/mol. The van der Waals surface area contributed by atoms with E-state index in [2.05, 4.69) is 31.9 Å². The van der Waals surface area contributed by atoms with Gasteiger partial charge in [0.05, 0.1) is 30.5 Å². The molecule has 1 saturated heterocycles. The maximum atomic E-state index is 12.8. The Balaban J connectivity index is 2.06. The lowest BCUT2D eigenvalue weighted by Crippen LogP contribution is -2.39. The number of rotatable bonds is 0. The molecule has 2 aromatic rings. The Morgan fingerprint density at radius 3 is 2.42 bits per heavy atom. The van der Waals surface area contributed by atoms with E-state index in [1.165, 1.54) is 0 Å². The van der Waals surface area contributed by atoms with Crippen LogP contribution >= 0.6 is 54.5 Å². The Morgan fingerprint density at radius 1 is 1.05 bits per heavy atom. The van der Waals surface area contributed by atoms with Gasteiger partial charge in [0.15, 0.2) is 0 Å². The topological polar surface area (TPSA) is 35.5 Å². The summed E-state index contributed by atoms with van der Waals surface area (Å²) in [4.78, 5) is 14.8. The molecule has 1 aliphatic carbocycles. The second-order valence-electron chi connectivity index (χ2n) is 4.23. The summed E-state index contributed by atoms with van der Waals surface area (Å²) in [6.45, 7) is 0.887. The Bertz CT molecular complexity index is 698. The molecule has 2 aromatic heterocycles. The minimum atomic E-state index is -1.23. The highest BCUT2D eigenvalue weighted by Gasteiger charge is 2.53. The van der Waals surface area contributed by atoms with Gasteiger partial charge in [-0.25, -0.2) is 0 Å². The number of fused-ring (bicyclic) bond motifs is 4. The van der Waals surface area contributed by atoms with Gasteiger partial charge in [0.1, 0.15) is 0 Å². The standard InChI is InChI=1S/C12H6Br2O3S2/c13-7-3-5-9(18-7)10-6(4-8(14)19-10)12(11(5)15)16-1-2-17-12/h3-4H,1-2H2. The van der Waals surface area contributed by atoms with Crippen LogP contribution in [0.4, 0.5) is 0 Å². The third-order valence-corrected chi connectivity index (χ3v) is 6.64. The van der Waals surface area contributed by atoms with Crippen LogP contribution in [-0.2, 0) is 15.3 Å². The summed E-state index contributed by atoms with van der Waals surface area (Å²) in [5.74, 6) is -1.33. The van der Waals surface area contributed by atoms with Crippen molar-refractivity contribution in [3.8, 4) is 9.75 Å². The van der Waals surface area contributed by atoms with Crippen molar-refractivity contribution < 1.29 is 14.3 Å². The van der Waals surface area contributed by atoms with Crippen molar-refractivity contribution in [1.29, 1.82) is 0 Å². The molecule has 98 valence electrons. The van der Waals surface area contributed by atoms with Gasteiger partial charge in [-0.05, 0) is 44.0 Å². The molecule has 1 spiro atoms. The Labute approximate surface area is 133 Å². The number of thiophene rings is 2. The number of hydrogen-bond donors (Lipinski definition) is 0. The minimum absolute atomic E-state index is 0.0975. The van der Waals surface area contributed by atoms with Crippen molar-refractivity contribution in [2.45, 2.75) is 5.79 Å². The van der Waals surface area contributed by atoms with Crippen LogP contribution in [0.15, 0.2) is 19.7 Å². The molecule has 0 N–H and O–H groups in total. The molecular weight excluding hydrogens is 416 g/mol. The summed E-state index contributed by atoms with van der Waals surface area (Å²) in [6, 6.07) is 3.78. The van der Waals surface area contributed by atoms with E-state index >= 15 is 0 Å². The van der Waals surface area contributed by atoms with Gasteiger partial charge in [0, 0.05) is 11.1 Å². The molecule has 0 amide bonds. The van der Waals surface area contributed by atoms with E-state index in [-0.39, 0.29) is 5.78 Å². The zero-order valence-electron chi connectivity index (χ0n) is 9.37. The molecule has 3 nitrogen and oxygen atoms in total. The number of Topliss-reactive ketones (excluding diaryl/α,β-unsaturated/α-hetero) is 1. The first-order chi connectivity index (χ1) is 9.12. The van der Waals surface area contributed by atoms with Crippen LogP contribution in [0.1, 0.15) is 15.9 Å². The number of ether oxygens (including phenoxy) is 2. The molecule has 19 heavy (non-hydrogen) atoms. The van der Waals surface area contributed by atoms with Crippen molar-refractivity contribution in [1.82, 2.24) is 0 Å². The molecule has 0 saturated carbocycles. The number of halogens is 2. The van der Waals surface area contributed by atoms with E-state index in [0.717, 1.165) is 22.9 Å². The van der Waals surface area contributed by atoms with Gasteiger partial charge in [0.2, 0.25) is 5.78 Å². The lowest BCUT2D eigenvalue weighted by atomic mass is 9.90. The lowest BCUT2D eigenvalue weighted by Gasteiger charge is -2.29. The molecule has 1 aliphatic heterocycles. The van der Waals surface area contributed by atoms with E-state index in [4.69, 9.17) is 9.47 Å². The quantitative estimate of drug-likeness (QED) is 0.632. The third-order valence-electron chi connectivity index (χ3n) is 3.20. The maximum absolute atomic E-state index is 12.8. The van der Waals surface area contributed by atoms with Crippen LogP contribution in [0.5, 0.6) is 0 Å². The van der Waals surface area contributed by atoms with Crippen LogP contribution in [0.2, 0.25) is 0 Å². The van der Waals surface area contributed by atoms with E-state index in [9.17, 15) is 4.79 Å². The van der Waals surface area contributed by atoms with Crippen molar-refractivity contribution in [3.05, 3.63) is 30.8 Å². The summed E-state index contributed by atoms with van der Waals surface area (Å²) in [5, 5.41) is 0. The van der Waals surface area contributed by atoms with Crippen molar-refractivity contribution in [2.75, 3.05) is 13.2 Å². The highest BCUT2D eigenvalue weighted by atomic mass is 79.9. The minimum Gasteiger partial charge on any atom is -0.337 e. The van der Waals surface area contributed by atoms with Gasteiger partial charge < -0.3 is 9.47 Å². The van der Waals surface area contributed by atoms with Crippen LogP contribution in [0.3, 0.4) is 0 Å². The molecule has 0 bridgehead atoms. The Kier molecular flexibility index (Phi) is 2.82. The summed E-state index contributed by atoms with van der Waals surface area (Å²) in [5.41, 5.74) is 1.51. The summed E-state index contributed by atoms with van der Waals surface area (Å²) >= 11 is 10.1. The van der Waals surface area contributed by atoms with Crippen LogP contribution < -0.4 is 0 Å². The van der Waals surface area contributed by atoms with Crippen LogP contribution in [-0.4, -0.2) is 19.0 Å². The average Bonchev–Trinajstić information content (AvgIpc) is 3.04. The molecule has 0 aromatic carbocycles. The molecule has 2 aliphatic rings. The Hall–Kier alpha value is -0.0500. The van der Waals surface area contributed by atoms with Gasteiger partial charge in [-0.2, -0.15) is 0 Å². The van der Waals surface area contributed by atoms with E-state index in [0.29, 0.717) is 18.8 Å². The molecule has 0 unspecified atom stereocenters. The second kappa shape index (κ2) is 4.22. The molecule has 0 atom stereocenters. The van der Waals surface area contributed by atoms with Gasteiger partial charge in [-0.1, -0.05) is 0 Å².